The van der Waals surface area contributed by atoms with E-state index in [-0.39, 0.29) is 28.7 Å². The second kappa shape index (κ2) is 7.83. The zero-order chi connectivity index (χ0) is 19.8. The van der Waals surface area contributed by atoms with E-state index in [2.05, 4.69) is 35.9 Å². The first kappa shape index (κ1) is 20.2. The number of fused-ring (bicyclic) bond motifs is 1. The van der Waals surface area contributed by atoms with E-state index in [1.165, 1.54) is 11.8 Å². The van der Waals surface area contributed by atoms with Gasteiger partial charge in [-0.25, -0.2) is 8.42 Å². The molecule has 0 saturated carbocycles. The molecule has 8 heteroatoms. The first-order valence-electron chi connectivity index (χ1n) is 9.43. The van der Waals surface area contributed by atoms with Crippen LogP contribution in [-0.2, 0) is 14.6 Å². The van der Waals surface area contributed by atoms with E-state index < -0.39 is 9.84 Å². The van der Waals surface area contributed by atoms with Crippen LogP contribution in [0.3, 0.4) is 0 Å². The van der Waals surface area contributed by atoms with E-state index >= 15 is 0 Å². The predicted octanol–water partition coefficient (Wildman–Crippen LogP) is 2.85. The Balaban J connectivity index is 2.02. The van der Waals surface area contributed by atoms with E-state index in [1.807, 2.05) is 17.9 Å². The van der Waals surface area contributed by atoms with Gasteiger partial charge < -0.3 is 9.80 Å². The van der Waals surface area contributed by atoms with Crippen LogP contribution in [0.25, 0.3) is 0 Å². The van der Waals surface area contributed by atoms with Gasteiger partial charge in [0.05, 0.1) is 17.5 Å². The molecule has 148 valence electrons. The van der Waals surface area contributed by atoms with Crippen molar-refractivity contribution >= 4 is 44.0 Å². The van der Waals surface area contributed by atoms with Gasteiger partial charge in [0.25, 0.3) is 0 Å². The molecule has 2 aliphatic rings. The minimum Gasteiger partial charge on any atom is -0.372 e. The highest BCUT2D eigenvalue weighted by Crippen LogP contribution is 2.42. The van der Waals surface area contributed by atoms with E-state index in [0.717, 1.165) is 30.0 Å². The molecule has 2 atom stereocenters. The quantitative estimate of drug-likeness (QED) is 0.745. The molecular weight excluding hydrogens is 382 g/mol. The van der Waals surface area contributed by atoms with Crippen LogP contribution < -0.4 is 9.80 Å². The summed E-state index contributed by atoms with van der Waals surface area (Å²) in [6.45, 7) is 9.91. The number of amidine groups is 1. The van der Waals surface area contributed by atoms with Crippen LogP contribution >= 0.6 is 11.8 Å². The Morgan fingerprint density at radius 3 is 2.56 bits per heavy atom. The van der Waals surface area contributed by atoms with Gasteiger partial charge in [-0.3, -0.25) is 4.79 Å². The van der Waals surface area contributed by atoms with Crippen molar-refractivity contribution in [1.29, 1.82) is 0 Å². The number of carbonyl (C=O) groups excluding carboxylic acids is 1. The predicted molar refractivity (Wildman–Crippen MR) is 114 cm³/mol. The van der Waals surface area contributed by atoms with Crippen molar-refractivity contribution in [2.75, 3.05) is 34.4 Å². The molecule has 1 amide bonds. The van der Waals surface area contributed by atoms with Crippen LogP contribution in [0.2, 0.25) is 0 Å². The van der Waals surface area contributed by atoms with Crippen molar-refractivity contribution in [2.24, 2.45) is 4.99 Å². The van der Waals surface area contributed by atoms with E-state index in [9.17, 15) is 13.2 Å². The lowest BCUT2D eigenvalue weighted by Crippen LogP contribution is -2.38. The second-order valence-electron chi connectivity index (χ2n) is 6.96. The zero-order valence-corrected chi connectivity index (χ0v) is 17.9. The molecule has 0 bridgehead atoms. The molecule has 0 spiro atoms. The number of carbonyl (C=O) groups is 1. The molecule has 0 radical (unpaired) electrons. The largest absolute Gasteiger partial charge is 0.372 e. The Kier molecular flexibility index (Phi) is 5.86. The van der Waals surface area contributed by atoms with Gasteiger partial charge in [0.15, 0.2) is 15.0 Å². The Labute approximate surface area is 165 Å². The summed E-state index contributed by atoms with van der Waals surface area (Å²) in [5.74, 6) is 0.0819. The minimum absolute atomic E-state index is 0.0692. The number of sulfone groups is 1. The fraction of sp³-hybridized carbons (Fsp3) is 0.579. The monoisotopic (exact) mass is 409 g/mol. The first-order valence-corrected chi connectivity index (χ1v) is 12.1. The van der Waals surface area contributed by atoms with Gasteiger partial charge in [0.1, 0.15) is 0 Å². The summed E-state index contributed by atoms with van der Waals surface area (Å²) in [5, 5.41) is 0.561. The van der Waals surface area contributed by atoms with Crippen LogP contribution in [0.5, 0.6) is 0 Å². The Bertz CT molecular complexity index is 863. The van der Waals surface area contributed by atoms with Crippen molar-refractivity contribution in [3.8, 4) is 0 Å². The van der Waals surface area contributed by atoms with E-state index in [0.29, 0.717) is 11.6 Å². The van der Waals surface area contributed by atoms with Gasteiger partial charge in [-0.2, -0.15) is 4.99 Å². The first-order chi connectivity index (χ1) is 12.8. The fourth-order valence-electron chi connectivity index (χ4n) is 3.73. The van der Waals surface area contributed by atoms with Gasteiger partial charge in [-0.15, -0.1) is 0 Å². The topological polar surface area (TPSA) is 70.0 Å². The van der Waals surface area contributed by atoms with E-state index in [4.69, 9.17) is 0 Å². The maximum Gasteiger partial charge on any atom is 0.247 e. The SMILES string of the molecule is CCC(=O)N=C1S[C@H]2CS(=O)(=O)C[C@H]2N1c1ccc(N(CC)CC)cc1C. The summed E-state index contributed by atoms with van der Waals surface area (Å²) >= 11 is 1.42. The van der Waals surface area contributed by atoms with Crippen LogP contribution in [0.1, 0.15) is 32.8 Å². The smallest absolute Gasteiger partial charge is 0.247 e. The molecule has 1 aromatic rings. The summed E-state index contributed by atoms with van der Waals surface area (Å²) in [4.78, 5) is 20.5. The number of aryl methyl sites for hydroxylation is 1. The molecule has 2 heterocycles. The fourth-order valence-corrected chi connectivity index (χ4v) is 7.65. The molecule has 2 saturated heterocycles. The number of nitrogens with zero attached hydrogens (tertiary/aromatic N) is 3. The third-order valence-electron chi connectivity index (χ3n) is 5.16. The number of hydrogen-bond acceptors (Lipinski definition) is 5. The summed E-state index contributed by atoms with van der Waals surface area (Å²) in [5.41, 5.74) is 3.14. The van der Waals surface area contributed by atoms with Gasteiger partial charge >= 0.3 is 0 Å². The molecule has 3 rings (SSSR count). The molecule has 1 aromatic carbocycles. The molecular formula is C19H27N3O3S2. The van der Waals surface area contributed by atoms with Crippen LogP contribution in [-0.4, -0.2) is 55.4 Å². The number of rotatable bonds is 5. The molecule has 27 heavy (non-hydrogen) atoms. The minimum atomic E-state index is -3.06. The highest BCUT2D eigenvalue weighted by molar-refractivity contribution is 8.16. The Morgan fingerprint density at radius 1 is 1.26 bits per heavy atom. The van der Waals surface area contributed by atoms with Gasteiger partial charge in [-0.1, -0.05) is 18.7 Å². The summed E-state index contributed by atoms with van der Waals surface area (Å²) < 4.78 is 24.3. The summed E-state index contributed by atoms with van der Waals surface area (Å²) in [6.07, 6.45) is 0.339. The lowest BCUT2D eigenvalue weighted by Gasteiger charge is -2.28. The number of thioether (sulfide) groups is 1. The molecule has 0 unspecified atom stereocenters. The van der Waals surface area contributed by atoms with Crippen molar-refractivity contribution in [3.05, 3.63) is 23.8 Å². The average Bonchev–Trinajstić information content (AvgIpc) is 3.07. The molecule has 2 aliphatic heterocycles. The molecule has 0 aromatic heterocycles. The summed E-state index contributed by atoms with van der Waals surface area (Å²) in [6, 6.07) is 6.06. The Morgan fingerprint density at radius 2 is 1.96 bits per heavy atom. The average molecular weight is 410 g/mol. The van der Waals surface area contributed by atoms with E-state index in [1.54, 1.807) is 6.92 Å². The Hall–Kier alpha value is -1.54. The maximum absolute atomic E-state index is 12.2. The van der Waals surface area contributed by atoms with Gasteiger partial charge in [-0.05, 0) is 44.5 Å². The number of hydrogen-bond donors (Lipinski definition) is 0. The number of amides is 1. The number of anilines is 2. The van der Waals surface area contributed by atoms with Crippen molar-refractivity contribution in [1.82, 2.24) is 0 Å². The standard InChI is InChI=1S/C19H27N3O3S2/c1-5-18(23)20-19-22(16-11-27(24,25)12-17(16)26-19)15-9-8-14(10-13(15)4)21(6-2)7-3/h8-10,16-17H,5-7,11-12H2,1-4H3/t16-,17+/m1/s1. The normalized spacial score (nSPS) is 25.0. The van der Waals surface area contributed by atoms with Crippen molar-refractivity contribution in [2.45, 2.75) is 45.4 Å². The molecule has 2 fully saturated rings. The number of aliphatic imine (C=N–C) groups is 1. The molecule has 0 N–H and O–H groups in total. The maximum atomic E-state index is 12.2. The number of benzene rings is 1. The zero-order valence-electron chi connectivity index (χ0n) is 16.3. The van der Waals surface area contributed by atoms with Gasteiger partial charge in [0, 0.05) is 36.1 Å². The van der Waals surface area contributed by atoms with Crippen LogP contribution in [0.15, 0.2) is 23.2 Å². The highest BCUT2D eigenvalue weighted by atomic mass is 32.2. The van der Waals surface area contributed by atoms with Crippen LogP contribution in [0, 0.1) is 6.92 Å². The van der Waals surface area contributed by atoms with Crippen molar-refractivity contribution in [3.63, 3.8) is 0 Å². The second-order valence-corrected chi connectivity index (χ2v) is 10.3. The lowest BCUT2D eigenvalue weighted by molar-refractivity contribution is -0.117. The van der Waals surface area contributed by atoms with Crippen molar-refractivity contribution < 1.29 is 13.2 Å². The molecule has 0 aliphatic carbocycles. The third kappa shape index (κ3) is 4.01. The van der Waals surface area contributed by atoms with Crippen LogP contribution in [0.4, 0.5) is 11.4 Å². The highest BCUT2D eigenvalue weighted by Gasteiger charge is 2.49. The third-order valence-corrected chi connectivity index (χ3v) is 8.37. The molecule has 6 nitrogen and oxygen atoms in total. The lowest BCUT2D eigenvalue weighted by atomic mass is 10.1. The summed E-state index contributed by atoms with van der Waals surface area (Å²) in [7, 11) is -3.06. The van der Waals surface area contributed by atoms with Gasteiger partial charge in [0.2, 0.25) is 5.91 Å².